The fourth-order valence-electron chi connectivity index (χ4n) is 3.76. The van der Waals surface area contributed by atoms with Crippen molar-refractivity contribution in [3.63, 3.8) is 0 Å². The van der Waals surface area contributed by atoms with E-state index >= 15 is 0 Å². The van der Waals surface area contributed by atoms with Crippen molar-refractivity contribution >= 4 is 6.02 Å². The predicted octanol–water partition coefficient (Wildman–Crippen LogP) is 2.50. The molecule has 134 valence electrons. The van der Waals surface area contributed by atoms with Gasteiger partial charge in [0.1, 0.15) is 6.73 Å². The van der Waals surface area contributed by atoms with Gasteiger partial charge in [0.25, 0.3) is 6.02 Å². The van der Waals surface area contributed by atoms with E-state index in [1.807, 2.05) is 11.9 Å². The Labute approximate surface area is 139 Å². The molecule has 2 saturated heterocycles. The van der Waals surface area contributed by atoms with Gasteiger partial charge in [0.15, 0.2) is 12.4 Å². The van der Waals surface area contributed by atoms with Crippen molar-refractivity contribution in [3.05, 3.63) is 0 Å². The molecule has 0 amide bonds. The van der Waals surface area contributed by atoms with Crippen molar-refractivity contribution in [1.29, 1.82) is 0 Å². The summed E-state index contributed by atoms with van der Waals surface area (Å²) in [5.41, 5.74) is -0.200. The average molecular weight is 328 g/mol. The second kappa shape index (κ2) is 7.81. The molecule has 6 heteroatoms. The number of ether oxygens (including phenoxy) is 3. The van der Waals surface area contributed by atoms with E-state index in [1.165, 1.54) is 0 Å². The van der Waals surface area contributed by atoms with Gasteiger partial charge in [-0.2, -0.15) is 0 Å². The minimum Gasteiger partial charge on any atom is -0.454 e. The minimum absolute atomic E-state index is 0.105. The number of rotatable bonds is 7. The summed E-state index contributed by atoms with van der Waals surface area (Å²) in [4.78, 5) is 6.02. The summed E-state index contributed by atoms with van der Waals surface area (Å²) in [5, 5.41) is 9.07. The second-order valence-corrected chi connectivity index (χ2v) is 6.96. The third-order valence-corrected chi connectivity index (χ3v) is 4.79. The van der Waals surface area contributed by atoms with Gasteiger partial charge in [-0.1, -0.05) is 26.7 Å². The summed E-state index contributed by atoms with van der Waals surface area (Å²) in [7, 11) is 1.95. The molecule has 0 bridgehead atoms. The van der Waals surface area contributed by atoms with Gasteiger partial charge in [-0.25, -0.2) is 4.99 Å². The van der Waals surface area contributed by atoms with Crippen molar-refractivity contribution in [1.82, 2.24) is 4.90 Å². The van der Waals surface area contributed by atoms with E-state index in [4.69, 9.17) is 19.3 Å². The first kappa shape index (κ1) is 18.5. The summed E-state index contributed by atoms with van der Waals surface area (Å²) in [6.45, 7) is 8.31. The van der Waals surface area contributed by atoms with Crippen molar-refractivity contribution in [2.24, 2.45) is 4.99 Å². The van der Waals surface area contributed by atoms with Crippen LogP contribution in [-0.2, 0) is 14.2 Å². The number of hydrogen-bond acceptors (Lipinski definition) is 5. The van der Waals surface area contributed by atoms with Gasteiger partial charge in [0, 0.05) is 7.05 Å². The number of aliphatic imine (C=N–C) groups is 1. The molecule has 0 radical (unpaired) electrons. The van der Waals surface area contributed by atoms with Gasteiger partial charge >= 0.3 is 0 Å². The van der Waals surface area contributed by atoms with Crippen molar-refractivity contribution in [2.45, 2.75) is 89.9 Å². The lowest BCUT2D eigenvalue weighted by atomic mass is 9.93. The highest BCUT2D eigenvalue weighted by Gasteiger charge is 2.50. The Hall–Kier alpha value is -0.850. The van der Waals surface area contributed by atoms with E-state index in [2.05, 4.69) is 32.7 Å². The topological polar surface area (TPSA) is 63.5 Å². The second-order valence-electron chi connectivity index (χ2n) is 6.96. The number of amidine groups is 1. The number of aliphatic hydroxyl groups is 1. The third kappa shape index (κ3) is 4.17. The smallest absolute Gasteiger partial charge is 0.290 e. The van der Waals surface area contributed by atoms with Crippen LogP contribution < -0.4 is 0 Å². The maximum Gasteiger partial charge on any atom is 0.290 e. The number of aliphatic hydroxyl groups excluding tert-OH is 1. The van der Waals surface area contributed by atoms with Crippen LogP contribution in [0.15, 0.2) is 4.99 Å². The van der Waals surface area contributed by atoms with Gasteiger partial charge in [0.2, 0.25) is 0 Å². The van der Waals surface area contributed by atoms with Crippen LogP contribution in [0, 0.1) is 0 Å². The molecule has 2 aliphatic rings. The molecule has 0 aromatic heterocycles. The lowest BCUT2D eigenvalue weighted by Gasteiger charge is -2.41. The Bertz CT molecular complexity index is 409. The van der Waals surface area contributed by atoms with Crippen LogP contribution in [0.3, 0.4) is 0 Å². The molecular formula is C17H32N2O4. The average Bonchev–Trinajstić information content (AvgIpc) is 2.77. The zero-order valence-corrected chi connectivity index (χ0v) is 15.1. The van der Waals surface area contributed by atoms with E-state index < -0.39 is 6.29 Å². The SMILES string of the molecule is CCCC(C)(CCC)O[C@@H]1OC(C)CC2[C@H]1OC(=NCO)N2C. The standard InChI is InChI=1S/C17H32N2O4/c1-6-8-17(4,9-7-2)23-15-14-13(10-12(3)21-15)19(5)16(22-14)18-11-20/h12-15,20H,6-11H2,1-5H3/t12?,13?,14-,15+/m1/s1. The monoisotopic (exact) mass is 328 g/mol. The Morgan fingerprint density at radius 2 is 2.00 bits per heavy atom. The van der Waals surface area contributed by atoms with Crippen LogP contribution in [0.25, 0.3) is 0 Å². The van der Waals surface area contributed by atoms with Gasteiger partial charge in [-0.3, -0.25) is 0 Å². The first-order chi connectivity index (χ1) is 10.9. The number of likely N-dealkylation sites (N-methyl/N-ethyl adjacent to an activating group) is 1. The molecule has 0 aromatic rings. The fourth-order valence-corrected chi connectivity index (χ4v) is 3.76. The Morgan fingerprint density at radius 3 is 2.57 bits per heavy atom. The van der Waals surface area contributed by atoms with Crippen LogP contribution in [-0.4, -0.2) is 59.9 Å². The summed E-state index contributed by atoms with van der Waals surface area (Å²) in [6.07, 6.45) is 4.52. The molecule has 2 fully saturated rings. The molecular weight excluding hydrogens is 296 g/mol. The number of nitrogens with zero attached hydrogens (tertiary/aromatic N) is 2. The molecule has 4 atom stereocenters. The highest BCUT2D eigenvalue weighted by atomic mass is 16.7. The van der Waals surface area contributed by atoms with Crippen LogP contribution in [0.4, 0.5) is 0 Å². The Balaban J connectivity index is 2.15. The molecule has 2 rings (SSSR count). The van der Waals surface area contributed by atoms with Gasteiger partial charge in [-0.05, 0) is 33.1 Å². The zero-order chi connectivity index (χ0) is 17.0. The van der Waals surface area contributed by atoms with Gasteiger partial charge < -0.3 is 24.2 Å². The summed E-state index contributed by atoms with van der Waals surface area (Å²) >= 11 is 0. The molecule has 0 aliphatic carbocycles. The molecule has 6 nitrogen and oxygen atoms in total. The molecule has 0 spiro atoms. The lowest BCUT2D eigenvalue weighted by molar-refractivity contribution is -0.276. The van der Waals surface area contributed by atoms with E-state index in [0.29, 0.717) is 6.02 Å². The van der Waals surface area contributed by atoms with Crippen LogP contribution in [0.2, 0.25) is 0 Å². The maximum atomic E-state index is 9.07. The normalized spacial score (nSPS) is 33.0. The van der Waals surface area contributed by atoms with Crippen LogP contribution in [0.5, 0.6) is 0 Å². The summed E-state index contributed by atoms with van der Waals surface area (Å²) in [6, 6.07) is 0.642. The lowest BCUT2D eigenvalue weighted by Crippen LogP contribution is -2.52. The Kier molecular flexibility index (Phi) is 6.28. The minimum atomic E-state index is -0.402. The van der Waals surface area contributed by atoms with Crippen LogP contribution >= 0.6 is 0 Å². The third-order valence-electron chi connectivity index (χ3n) is 4.79. The van der Waals surface area contributed by atoms with Gasteiger partial charge in [0.05, 0.1) is 17.7 Å². The molecule has 2 aliphatic heterocycles. The van der Waals surface area contributed by atoms with E-state index in [-0.39, 0.29) is 30.6 Å². The van der Waals surface area contributed by atoms with Crippen molar-refractivity contribution in [2.75, 3.05) is 13.8 Å². The number of fused-ring (bicyclic) bond motifs is 1. The highest BCUT2D eigenvalue weighted by molar-refractivity contribution is 5.76. The fraction of sp³-hybridized carbons (Fsp3) is 0.941. The largest absolute Gasteiger partial charge is 0.454 e. The molecule has 23 heavy (non-hydrogen) atoms. The molecule has 2 heterocycles. The van der Waals surface area contributed by atoms with Crippen molar-refractivity contribution in [3.8, 4) is 0 Å². The quantitative estimate of drug-likeness (QED) is 0.778. The highest BCUT2D eigenvalue weighted by Crippen LogP contribution is 2.36. The first-order valence-electron chi connectivity index (χ1n) is 8.82. The van der Waals surface area contributed by atoms with Gasteiger partial charge in [-0.15, -0.1) is 0 Å². The molecule has 1 N–H and O–H groups in total. The predicted molar refractivity (Wildman–Crippen MR) is 89.2 cm³/mol. The van der Waals surface area contributed by atoms with E-state index in [9.17, 15) is 0 Å². The zero-order valence-electron chi connectivity index (χ0n) is 15.1. The van der Waals surface area contributed by atoms with Crippen LogP contribution in [0.1, 0.15) is 59.8 Å². The Morgan fingerprint density at radius 1 is 1.35 bits per heavy atom. The van der Waals surface area contributed by atoms with E-state index in [0.717, 1.165) is 32.1 Å². The van der Waals surface area contributed by atoms with E-state index in [1.54, 1.807) is 0 Å². The molecule has 0 aromatic carbocycles. The molecule has 2 unspecified atom stereocenters. The first-order valence-corrected chi connectivity index (χ1v) is 8.82. The van der Waals surface area contributed by atoms with Crippen molar-refractivity contribution < 1.29 is 19.3 Å². The maximum absolute atomic E-state index is 9.07. The molecule has 0 saturated carbocycles. The summed E-state index contributed by atoms with van der Waals surface area (Å²) < 4.78 is 18.4. The number of hydrogen-bond donors (Lipinski definition) is 1. The summed E-state index contributed by atoms with van der Waals surface area (Å²) in [5.74, 6) is 0.